The smallest absolute Gasteiger partial charge is 0.201 e. The van der Waals surface area contributed by atoms with Crippen LogP contribution < -0.4 is 0 Å². The number of pyridine rings is 2. The fraction of sp³-hybridized carbons (Fsp3) is 0. The summed E-state index contributed by atoms with van der Waals surface area (Å²) in [6.07, 6.45) is 3.54. The van der Waals surface area contributed by atoms with E-state index in [1.165, 1.54) is 11.8 Å². The van der Waals surface area contributed by atoms with Crippen LogP contribution in [0, 0.1) is 0 Å². The van der Waals surface area contributed by atoms with E-state index in [0.717, 1.165) is 15.8 Å². The van der Waals surface area contributed by atoms with Crippen molar-refractivity contribution in [3.05, 3.63) is 47.7 Å². The van der Waals surface area contributed by atoms with Gasteiger partial charge in [0.1, 0.15) is 5.03 Å². The first-order valence-electron chi connectivity index (χ1n) is 4.92. The Morgan fingerprint density at radius 1 is 1.12 bits per heavy atom. The average Bonchev–Trinajstić information content (AvgIpc) is 2.76. The first kappa shape index (κ1) is 10.6. The molecule has 0 radical (unpaired) electrons. The fourth-order valence-electron chi connectivity index (χ4n) is 1.41. The van der Waals surface area contributed by atoms with E-state index in [2.05, 4.69) is 15.2 Å². The number of nitrogens with zero attached hydrogens (tertiary/aromatic N) is 4. The van der Waals surface area contributed by atoms with Crippen LogP contribution in [-0.4, -0.2) is 19.6 Å². The Morgan fingerprint density at radius 3 is 2.88 bits per heavy atom. The Bertz CT molecular complexity index is 650. The molecule has 0 aromatic carbocycles. The van der Waals surface area contributed by atoms with E-state index < -0.39 is 0 Å². The van der Waals surface area contributed by atoms with Crippen molar-refractivity contribution in [1.82, 2.24) is 19.6 Å². The van der Waals surface area contributed by atoms with Crippen LogP contribution in [0.1, 0.15) is 0 Å². The molecule has 4 nitrogen and oxygen atoms in total. The number of hydrogen-bond donors (Lipinski definition) is 0. The Hall–Kier alpha value is -1.59. The van der Waals surface area contributed by atoms with Crippen LogP contribution in [0.25, 0.3) is 5.65 Å². The van der Waals surface area contributed by atoms with E-state index >= 15 is 0 Å². The van der Waals surface area contributed by atoms with Crippen LogP contribution in [0.2, 0.25) is 5.02 Å². The standard InChI is InChI=1S/C11H7ClN4S/c12-8-4-5-10(13-7-8)17-11-15-14-9-3-1-2-6-16(9)11/h1-7H. The van der Waals surface area contributed by atoms with Crippen molar-refractivity contribution in [2.75, 3.05) is 0 Å². The maximum absolute atomic E-state index is 5.78. The maximum atomic E-state index is 5.78. The van der Waals surface area contributed by atoms with Gasteiger partial charge in [0.05, 0.1) is 5.02 Å². The van der Waals surface area contributed by atoms with E-state index in [1.807, 2.05) is 34.9 Å². The predicted octanol–water partition coefficient (Wildman–Crippen LogP) is 2.93. The number of halogens is 1. The second kappa shape index (κ2) is 4.35. The molecule has 84 valence electrons. The van der Waals surface area contributed by atoms with Crippen LogP contribution in [0.4, 0.5) is 0 Å². The molecule has 6 heteroatoms. The third kappa shape index (κ3) is 2.11. The van der Waals surface area contributed by atoms with Gasteiger partial charge in [-0.2, -0.15) is 0 Å². The molecule has 0 saturated heterocycles. The van der Waals surface area contributed by atoms with Crippen molar-refractivity contribution in [3.63, 3.8) is 0 Å². The van der Waals surface area contributed by atoms with Crippen molar-refractivity contribution in [2.24, 2.45) is 0 Å². The molecule has 0 spiro atoms. The van der Waals surface area contributed by atoms with Crippen molar-refractivity contribution in [2.45, 2.75) is 10.2 Å². The molecule has 0 saturated carbocycles. The highest BCUT2D eigenvalue weighted by atomic mass is 35.5. The van der Waals surface area contributed by atoms with Crippen LogP contribution in [0.15, 0.2) is 52.9 Å². The number of rotatable bonds is 2. The lowest BCUT2D eigenvalue weighted by atomic mass is 10.5. The van der Waals surface area contributed by atoms with Gasteiger partial charge in [0.25, 0.3) is 0 Å². The van der Waals surface area contributed by atoms with Crippen molar-refractivity contribution < 1.29 is 0 Å². The van der Waals surface area contributed by atoms with E-state index in [4.69, 9.17) is 11.6 Å². The summed E-state index contributed by atoms with van der Waals surface area (Å²) in [5.74, 6) is 0. The highest BCUT2D eigenvalue weighted by Crippen LogP contribution is 2.25. The predicted molar refractivity (Wildman–Crippen MR) is 66.4 cm³/mol. The zero-order valence-electron chi connectivity index (χ0n) is 8.62. The van der Waals surface area contributed by atoms with Gasteiger partial charge < -0.3 is 0 Å². The monoisotopic (exact) mass is 262 g/mol. The summed E-state index contributed by atoms with van der Waals surface area (Å²) in [5.41, 5.74) is 0.823. The lowest BCUT2D eigenvalue weighted by Gasteiger charge is -1.98. The van der Waals surface area contributed by atoms with Gasteiger partial charge in [-0.25, -0.2) is 4.98 Å². The van der Waals surface area contributed by atoms with E-state index in [0.29, 0.717) is 5.02 Å². The van der Waals surface area contributed by atoms with Crippen molar-refractivity contribution in [3.8, 4) is 0 Å². The molecule has 0 aliphatic carbocycles. The van der Waals surface area contributed by atoms with Gasteiger partial charge >= 0.3 is 0 Å². The molecule has 0 atom stereocenters. The van der Waals surface area contributed by atoms with Gasteiger partial charge in [-0.1, -0.05) is 17.7 Å². The summed E-state index contributed by atoms with van der Waals surface area (Å²) in [6.45, 7) is 0. The lowest BCUT2D eigenvalue weighted by Crippen LogP contribution is -1.86. The van der Waals surface area contributed by atoms with Crippen molar-refractivity contribution in [1.29, 1.82) is 0 Å². The van der Waals surface area contributed by atoms with Crippen LogP contribution in [0.3, 0.4) is 0 Å². The topological polar surface area (TPSA) is 43.1 Å². The normalized spacial score (nSPS) is 10.9. The molecule has 0 bridgehead atoms. The zero-order chi connectivity index (χ0) is 11.7. The molecule has 3 heterocycles. The van der Waals surface area contributed by atoms with Crippen LogP contribution in [-0.2, 0) is 0 Å². The maximum Gasteiger partial charge on any atom is 0.201 e. The fourth-order valence-corrected chi connectivity index (χ4v) is 2.28. The van der Waals surface area contributed by atoms with Gasteiger partial charge in [-0.05, 0) is 36.0 Å². The molecule has 3 aromatic rings. The molecule has 17 heavy (non-hydrogen) atoms. The summed E-state index contributed by atoms with van der Waals surface area (Å²) in [7, 11) is 0. The average molecular weight is 263 g/mol. The summed E-state index contributed by atoms with van der Waals surface area (Å²) in [5, 5.41) is 10.4. The summed E-state index contributed by atoms with van der Waals surface area (Å²) in [4.78, 5) is 4.21. The number of aromatic nitrogens is 4. The molecule has 0 aliphatic rings. The second-order valence-corrected chi connectivity index (χ2v) is 4.75. The Balaban J connectivity index is 1.97. The number of fused-ring (bicyclic) bond motifs is 1. The summed E-state index contributed by atoms with van der Waals surface area (Å²) in [6, 6.07) is 9.44. The van der Waals surface area contributed by atoms with E-state index in [-0.39, 0.29) is 0 Å². The molecule has 3 rings (SSSR count). The lowest BCUT2D eigenvalue weighted by molar-refractivity contribution is 0.917. The third-order valence-corrected chi connectivity index (χ3v) is 3.31. The molecular formula is C11H7ClN4S. The van der Waals surface area contributed by atoms with Crippen LogP contribution in [0.5, 0.6) is 0 Å². The van der Waals surface area contributed by atoms with Gasteiger partial charge in [0.2, 0.25) is 5.16 Å². The quantitative estimate of drug-likeness (QED) is 0.712. The summed E-state index contributed by atoms with van der Waals surface area (Å²) >= 11 is 7.24. The van der Waals surface area contributed by atoms with Gasteiger partial charge in [-0.3, -0.25) is 4.40 Å². The second-order valence-electron chi connectivity index (χ2n) is 3.33. The zero-order valence-corrected chi connectivity index (χ0v) is 10.2. The minimum Gasteiger partial charge on any atom is -0.277 e. The molecule has 0 fully saturated rings. The minimum absolute atomic E-state index is 0.625. The van der Waals surface area contributed by atoms with Crippen molar-refractivity contribution >= 4 is 29.0 Å². The summed E-state index contributed by atoms with van der Waals surface area (Å²) < 4.78 is 1.92. The molecular weight excluding hydrogens is 256 g/mol. The molecule has 0 N–H and O–H groups in total. The molecule has 0 aliphatic heterocycles. The molecule has 3 aromatic heterocycles. The van der Waals surface area contributed by atoms with E-state index in [9.17, 15) is 0 Å². The first-order chi connectivity index (χ1) is 8.33. The highest BCUT2D eigenvalue weighted by molar-refractivity contribution is 7.99. The Kier molecular flexibility index (Phi) is 2.70. The molecule has 0 amide bonds. The molecule has 0 unspecified atom stereocenters. The van der Waals surface area contributed by atoms with Crippen LogP contribution >= 0.6 is 23.4 Å². The Morgan fingerprint density at radius 2 is 2.06 bits per heavy atom. The third-order valence-electron chi connectivity index (χ3n) is 2.18. The van der Waals surface area contributed by atoms with Gasteiger partial charge in [0, 0.05) is 12.4 Å². The number of hydrogen-bond acceptors (Lipinski definition) is 4. The SMILES string of the molecule is Clc1ccc(Sc2nnc3ccccn23)nc1. The minimum atomic E-state index is 0.625. The van der Waals surface area contributed by atoms with E-state index in [1.54, 1.807) is 12.3 Å². The van der Waals surface area contributed by atoms with Gasteiger partial charge in [0.15, 0.2) is 5.65 Å². The largest absolute Gasteiger partial charge is 0.277 e. The Labute approximate surface area is 107 Å². The first-order valence-corrected chi connectivity index (χ1v) is 6.11. The van der Waals surface area contributed by atoms with Gasteiger partial charge in [-0.15, -0.1) is 10.2 Å². The highest BCUT2D eigenvalue weighted by Gasteiger charge is 2.06.